The number of fused-ring (bicyclic) bond motifs is 2. The first-order valence-electron chi connectivity index (χ1n) is 9.93. The van der Waals surface area contributed by atoms with Gasteiger partial charge in [0.25, 0.3) is 15.9 Å². The average molecular weight is 466 g/mol. The molecule has 162 valence electrons. The normalized spacial score (nSPS) is 13.2. The predicted octanol–water partition coefficient (Wildman–Crippen LogP) is 4.31. The fraction of sp³-hybridized carbons (Fsp3) is 0.130. The van der Waals surface area contributed by atoms with E-state index in [4.69, 9.17) is 4.74 Å². The highest BCUT2D eigenvalue weighted by molar-refractivity contribution is 7.92. The van der Waals surface area contributed by atoms with Crippen molar-refractivity contribution < 1.29 is 17.9 Å². The van der Waals surface area contributed by atoms with Crippen LogP contribution in [0.2, 0.25) is 0 Å². The number of amides is 1. The molecule has 0 aliphatic carbocycles. The van der Waals surface area contributed by atoms with Crippen molar-refractivity contribution >= 4 is 48.3 Å². The predicted molar refractivity (Wildman–Crippen MR) is 125 cm³/mol. The number of aromatic nitrogens is 1. The Kier molecular flexibility index (Phi) is 5.07. The summed E-state index contributed by atoms with van der Waals surface area (Å²) in [5.41, 5.74) is 2.56. The Bertz CT molecular complexity index is 1410. The van der Waals surface area contributed by atoms with Gasteiger partial charge in [-0.05, 0) is 48.4 Å². The van der Waals surface area contributed by atoms with Crippen LogP contribution < -0.4 is 14.4 Å². The van der Waals surface area contributed by atoms with Crippen LogP contribution in [0.1, 0.15) is 15.9 Å². The minimum atomic E-state index is -3.84. The molecule has 0 bridgehead atoms. The number of rotatable bonds is 5. The van der Waals surface area contributed by atoms with Crippen LogP contribution in [-0.2, 0) is 16.4 Å². The lowest BCUT2D eigenvalue weighted by molar-refractivity contribution is 0.102. The van der Waals surface area contributed by atoms with Crippen molar-refractivity contribution in [1.82, 2.24) is 4.98 Å². The molecule has 1 aliphatic heterocycles. The van der Waals surface area contributed by atoms with E-state index in [9.17, 15) is 13.2 Å². The summed E-state index contributed by atoms with van der Waals surface area (Å²) in [5.74, 6) is -0.204. The van der Waals surface area contributed by atoms with Crippen molar-refractivity contribution in [2.75, 3.05) is 23.3 Å². The SMILES string of the molecule is COc1ccc(S(=O)(=O)N2CCc3ccccc32)cc1C(=O)Nc1nc2ccccc2s1. The second kappa shape index (κ2) is 7.92. The first kappa shape index (κ1) is 20.5. The van der Waals surface area contributed by atoms with Crippen molar-refractivity contribution in [3.63, 3.8) is 0 Å². The zero-order valence-electron chi connectivity index (χ0n) is 17.1. The third-order valence-electron chi connectivity index (χ3n) is 5.36. The summed E-state index contributed by atoms with van der Waals surface area (Å²) in [6.45, 7) is 0.362. The van der Waals surface area contributed by atoms with Crippen molar-refractivity contribution in [3.8, 4) is 5.75 Å². The van der Waals surface area contributed by atoms with Crippen molar-refractivity contribution in [2.45, 2.75) is 11.3 Å². The van der Waals surface area contributed by atoms with E-state index >= 15 is 0 Å². The molecular weight excluding hydrogens is 446 g/mol. The maximum Gasteiger partial charge on any atom is 0.264 e. The maximum atomic E-state index is 13.4. The number of sulfonamides is 1. The topological polar surface area (TPSA) is 88.6 Å². The van der Waals surface area contributed by atoms with E-state index in [-0.39, 0.29) is 16.2 Å². The maximum absolute atomic E-state index is 13.4. The Balaban J connectivity index is 1.49. The van der Waals surface area contributed by atoms with E-state index < -0.39 is 15.9 Å². The largest absolute Gasteiger partial charge is 0.496 e. The van der Waals surface area contributed by atoms with Gasteiger partial charge < -0.3 is 4.74 Å². The van der Waals surface area contributed by atoms with Crippen LogP contribution >= 0.6 is 11.3 Å². The summed E-state index contributed by atoms with van der Waals surface area (Å²) in [7, 11) is -2.40. The van der Waals surface area contributed by atoms with Gasteiger partial charge in [-0.3, -0.25) is 14.4 Å². The molecule has 3 aromatic carbocycles. The fourth-order valence-electron chi connectivity index (χ4n) is 3.80. The monoisotopic (exact) mass is 465 g/mol. The first-order valence-corrected chi connectivity index (χ1v) is 12.2. The van der Waals surface area contributed by atoms with Crippen molar-refractivity contribution in [2.24, 2.45) is 0 Å². The minimum absolute atomic E-state index is 0.0319. The van der Waals surface area contributed by atoms with Gasteiger partial charge in [0.05, 0.1) is 33.5 Å². The number of carbonyl (C=O) groups excluding carboxylic acids is 1. The number of thiazole rings is 1. The summed E-state index contributed by atoms with van der Waals surface area (Å²) in [6, 6.07) is 19.3. The number of benzene rings is 3. The second-order valence-corrected chi connectivity index (χ2v) is 10.2. The molecule has 0 saturated carbocycles. The van der Waals surface area contributed by atoms with E-state index in [1.165, 1.54) is 41.0 Å². The van der Waals surface area contributed by atoms with Crippen LogP contribution in [0.5, 0.6) is 5.75 Å². The molecule has 1 aromatic heterocycles. The van der Waals surface area contributed by atoms with Crippen molar-refractivity contribution in [3.05, 3.63) is 77.9 Å². The molecule has 1 N–H and O–H groups in total. The zero-order chi connectivity index (χ0) is 22.3. The Labute approximate surface area is 189 Å². The lowest BCUT2D eigenvalue weighted by atomic mass is 10.2. The van der Waals surface area contributed by atoms with Gasteiger partial charge in [0.2, 0.25) is 0 Å². The fourth-order valence-corrected chi connectivity index (χ4v) is 6.19. The minimum Gasteiger partial charge on any atom is -0.496 e. The lowest BCUT2D eigenvalue weighted by Crippen LogP contribution is -2.29. The van der Waals surface area contributed by atoms with Gasteiger partial charge >= 0.3 is 0 Å². The number of hydrogen-bond acceptors (Lipinski definition) is 6. The summed E-state index contributed by atoms with van der Waals surface area (Å²) in [4.78, 5) is 17.5. The molecule has 1 amide bonds. The van der Waals surface area contributed by atoms with Crippen LogP contribution in [0.15, 0.2) is 71.6 Å². The highest BCUT2D eigenvalue weighted by atomic mass is 32.2. The van der Waals surface area contributed by atoms with Gasteiger partial charge in [-0.2, -0.15) is 0 Å². The molecule has 0 atom stereocenters. The number of methoxy groups -OCH3 is 1. The van der Waals surface area contributed by atoms with Crippen LogP contribution in [0.25, 0.3) is 10.2 Å². The van der Waals surface area contributed by atoms with Gasteiger partial charge in [-0.15, -0.1) is 0 Å². The molecule has 0 radical (unpaired) electrons. The zero-order valence-corrected chi connectivity index (χ0v) is 18.7. The van der Waals surface area contributed by atoms with Crippen molar-refractivity contribution in [1.29, 1.82) is 0 Å². The van der Waals surface area contributed by atoms with Gasteiger partial charge in [0.1, 0.15) is 5.75 Å². The number of para-hydroxylation sites is 2. The average Bonchev–Trinajstić information content (AvgIpc) is 3.42. The Morgan fingerprint density at radius 1 is 1.09 bits per heavy atom. The lowest BCUT2D eigenvalue weighted by Gasteiger charge is -2.20. The van der Waals surface area contributed by atoms with E-state index in [1.807, 2.05) is 42.5 Å². The van der Waals surface area contributed by atoms with Crippen LogP contribution in [0.4, 0.5) is 10.8 Å². The van der Waals surface area contributed by atoms with E-state index in [0.717, 1.165) is 15.8 Å². The van der Waals surface area contributed by atoms with Crippen LogP contribution in [-0.4, -0.2) is 33.0 Å². The highest BCUT2D eigenvalue weighted by Gasteiger charge is 2.31. The molecule has 7 nitrogen and oxygen atoms in total. The van der Waals surface area contributed by atoms with E-state index in [2.05, 4.69) is 10.3 Å². The number of nitrogens with one attached hydrogen (secondary N) is 1. The number of carbonyl (C=O) groups is 1. The van der Waals surface area contributed by atoms with Gasteiger partial charge in [0, 0.05) is 6.54 Å². The van der Waals surface area contributed by atoms with Gasteiger partial charge in [0.15, 0.2) is 5.13 Å². The smallest absolute Gasteiger partial charge is 0.264 e. The first-order chi connectivity index (χ1) is 15.5. The highest BCUT2D eigenvalue weighted by Crippen LogP contribution is 2.34. The number of ether oxygens (including phenoxy) is 1. The molecule has 1 aliphatic rings. The summed E-state index contributed by atoms with van der Waals surface area (Å²) in [6.07, 6.45) is 0.649. The quantitative estimate of drug-likeness (QED) is 0.475. The Hall–Kier alpha value is -3.43. The van der Waals surface area contributed by atoms with Crippen LogP contribution in [0.3, 0.4) is 0 Å². The molecule has 2 heterocycles. The molecule has 0 saturated heterocycles. The Morgan fingerprint density at radius 2 is 1.88 bits per heavy atom. The third kappa shape index (κ3) is 3.49. The molecule has 0 unspecified atom stereocenters. The third-order valence-corrected chi connectivity index (χ3v) is 8.12. The molecule has 0 spiro atoms. The Morgan fingerprint density at radius 3 is 2.69 bits per heavy atom. The molecule has 9 heteroatoms. The summed E-state index contributed by atoms with van der Waals surface area (Å²) in [5, 5.41) is 3.20. The molecular formula is C23H19N3O4S2. The number of hydrogen-bond donors (Lipinski definition) is 1. The second-order valence-electron chi connectivity index (χ2n) is 7.26. The molecule has 0 fully saturated rings. The van der Waals surface area contributed by atoms with E-state index in [0.29, 0.717) is 23.8 Å². The molecule has 4 aromatic rings. The number of anilines is 2. The van der Waals surface area contributed by atoms with Gasteiger partial charge in [-0.1, -0.05) is 41.7 Å². The molecule has 32 heavy (non-hydrogen) atoms. The standard InChI is InChI=1S/C23H19N3O4S2/c1-30-20-11-10-16(32(28,29)26-13-12-15-6-2-4-8-19(15)26)14-17(20)22(27)25-23-24-18-7-3-5-9-21(18)31-23/h2-11,14H,12-13H2,1H3,(H,24,25,27). The number of nitrogens with zero attached hydrogens (tertiary/aromatic N) is 2. The summed E-state index contributed by atoms with van der Waals surface area (Å²) >= 11 is 1.35. The molecule has 5 rings (SSSR count). The van der Waals surface area contributed by atoms with Gasteiger partial charge in [-0.25, -0.2) is 13.4 Å². The van der Waals surface area contributed by atoms with E-state index in [1.54, 1.807) is 6.07 Å². The van der Waals surface area contributed by atoms with Crippen LogP contribution in [0, 0.1) is 0 Å². The summed E-state index contributed by atoms with van der Waals surface area (Å²) < 4.78 is 34.4.